The number of rotatable bonds is 9. The third kappa shape index (κ3) is 5.54. The predicted octanol–water partition coefficient (Wildman–Crippen LogP) is 4.77. The van der Waals surface area contributed by atoms with Crippen molar-refractivity contribution in [3.8, 4) is 11.5 Å². The number of methoxy groups -OCH3 is 2. The maximum atomic E-state index is 12.5. The van der Waals surface area contributed by atoms with Gasteiger partial charge in [-0.15, -0.1) is 0 Å². The Morgan fingerprint density at radius 3 is 2.58 bits per heavy atom. The number of benzene rings is 3. The minimum Gasteiger partial charge on any atom is -0.493 e. The number of fused-ring (bicyclic) bond motifs is 1. The molecule has 6 nitrogen and oxygen atoms in total. The van der Waals surface area contributed by atoms with Crippen LogP contribution in [-0.2, 0) is 24.2 Å². The second-order valence-electron chi connectivity index (χ2n) is 7.70. The summed E-state index contributed by atoms with van der Waals surface area (Å²) in [5.74, 6) is 2.16. The largest absolute Gasteiger partial charge is 0.493 e. The van der Waals surface area contributed by atoms with E-state index in [-0.39, 0.29) is 12.3 Å². The summed E-state index contributed by atoms with van der Waals surface area (Å²) in [7, 11) is 3.18. The monoisotopic (exact) mass is 507 g/mol. The van der Waals surface area contributed by atoms with Crippen molar-refractivity contribution in [2.75, 3.05) is 20.8 Å². The molecule has 4 aromatic rings. The molecule has 0 aliphatic carbocycles. The molecule has 33 heavy (non-hydrogen) atoms. The summed E-state index contributed by atoms with van der Waals surface area (Å²) in [6.45, 7) is 1.23. The first-order chi connectivity index (χ1) is 16.1. The quantitative estimate of drug-likeness (QED) is 0.354. The number of carbonyl (C=O) groups is 1. The molecular weight excluding hydrogens is 482 g/mol. The fraction of sp³-hybridized carbons (Fsp3) is 0.231. The number of hydrogen-bond donors (Lipinski definition) is 1. The summed E-state index contributed by atoms with van der Waals surface area (Å²) >= 11 is 3.55. The Morgan fingerprint density at radius 1 is 0.970 bits per heavy atom. The lowest BCUT2D eigenvalue weighted by Gasteiger charge is -2.11. The molecule has 0 radical (unpaired) electrons. The van der Waals surface area contributed by atoms with Crippen molar-refractivity contribution in [3.63, 3.8) is 0 Å². The Bertz CT molecular complexity index is 1270. The number of carbonyl (C=O) groups excluding carboxylic acids is 1. The highest BCUT2D eigenvalue weighted by atomic mass is 79.9. The lowest BCUT2D eigenvalue weighted by Crippen LogP contribution is -2.28. The number of aromatic nitrogens is 2. The van der Waals surface area contributed by atoms with Crippen LogP contribution in [0.2, 0.25) is 0 Å². The van der Waals surface area contributed by atoms with Gasteiger partial charge < -0.3 is 19.4 Å². The van der Waals surface area contributed by atoms with E-state index < -0.39 is 0 Å². The first kappa shape index (κ1) is 22.9. The topological polar surface area (TPSA) is 65.4 Å². The van der Waals surface area contributed by atoms with Gasteiger partial charge in [0.2, 0.25) is 5.91 Å². The van der Waals surface area contributed by atoms with Crippen molar-refractivity contribution in [1.82, 2.24) is 14.9 Å². The molecule has 0 saturated carbocycles. The van der Waals surface area contributed by atoms with E-state index >= 15 is 0 Å². The Labute approximate surface area is 201 Å². The van der Waals surface area contributed by atoms with Gasteiger partial charge in [0.25, 0.3) is 0 Å². The third-order valence-corrected chi connectivity index (χ3v) is 5.94. The summed E-state index contributed by atoms with van der Waals surface area (Å²) in [6, 6.07) is 21.9. The van der Waals surface area contributed by atoms with Crippen LogP contribution >= 0.6 is 15.9 Å². The number of amides is 1. The maximum absolute atomic E-state index is 12.5. The van der Waals surface area contributed by atoms with Crippen LogP contribution in [0.5, 0.6) is 11.5 Å². The second kappa shape index (κ2) is 10.5. The lowest BCUT2D eigenvalue weighted by molar-refractivity contribution is -0.120. The van der Waals surface area contributed by atoms with Crippen molar-refractivity contribution in [3.05, 3.63) is 88.2 Å². The molecule has 0 aliphatic heterocycles. The molecule has 0 atom stereocenters. The normalized spacial score (nSPS) is 10.9. The number of imidazole rings is 1. The standard InChI is InChI=1S/C26H26BrN3O3/c1-32-23-11-10-18(15-24(23)33-2)16-26(31)28-13-12-25-29-21-8-3-4-9-22(21)30(25)17-19-6-5-7-20(27)14-19/h3-11,14-15H,12-13,16-17H2,1-2H3,(H,28,31). The molecule has 1 amide bonds. The van der Waals surface area contributed by atoms with Crippen LogP contribution in [-0.4, -0.2) is 36.2 Å². The minimum absolute atomic E-state index is 0.0446. The molecule has 0 spiro atoms. The van der Waals surface area contributed by atoms with Crippen molar-refractivity contribution in [2.45, 2.75) is 19.4 Å². The average molecular weight is 508 g/mol. The van der Waals surface area contributed by atoms with Crippen LogP contribution in [0.1, 0.15) is 17.0 Å². The first-order valence-electron chi connectivity index (χ1n) is 10.7. The zero-order chi connectivity index (χ0) is 23.2. The summed E-state index contributed by atoms with van der Waals surface area (Å²) < 4.78 is 13.9. The van der Waals surface area contributed by atoms with E-state index in [1.807, 2.05) is 48.5 Å². The summed E-state index contributed by atoms with van der Waals surface area (Å²) in [5.41, 5.74) is 4.10. The smallest absolute Gasteiger partial charge is 0.224 e. The predicted molar refractivity (Wildman–Crippen MR) is 133 cm³/mol. The van der Waals surface area contributed by atoms with Gasteiger partial charge >= 0.3 is 0 Å². The van der Waals surface area contributed by atoms with Gasteiger partial charge in [0.05, 0.1) is 31.7 Å². The molecule has 0 saturated heterocycles. The van der Waals surface area contributed by atoms with Gasteiger partial charge in [-0.2, -0.15) is 0 Å². The summed E-state index contributed by atoms with van der Waals surface area (Å²) in [4.78, 5) is 17.4. The molecule has 1 N–H and O–H groups in total. The zero-order valence-electron chi connectivity index (χ0n) is 18.7. The van der Waals surface area contributed by atoms with E-state index in [0.29, 0.717) is 24.5 Å². The highest BCUT2D eigenvalue weighted by Crippen LogP contribution is 2.27. The van der Waals surface area contributed by atoms with E-state index in [1.165, 1.54) is 5.56 Å². The average Bonchev–Trinajstić information content (AvgIpc) is 3.16. The zero-order valence-corrected chi connectivity index (χ0v) is 20.3. The lowest BCUT2D eigenvalue weighted by atomic mass is 10.1. The summed E-state index contributed by atoms with van der Waals surface area (Å²) in [6.07, 6.45) is 0.912. The fourth-order valence-electron chi connectivity index (χ4n) is 3.86. The van der Waals surface area contributed by atoms with Crippen LogP contribution in [0, 0.1) is 0 Å². The van der Waals surface area contributed by atoms with Crippen molar-refractivity contribution < 1.29 is 14.3 Å². The highest BCUT2D eigenvalue weighted by molar-refractivity contribution is 9.10. The minimum atomic E-state index is -0.0446. The second-order valence-corrected chi connectivity index (χ2v) is 8.61. The van der Waals surface area contributed by atoms with Crippen LogP contribution in [0.3, 0.4) is 0 Å². The van der Waals surface area contributed by atoms with Gasteiger partial charge in [-0.25, -0.2) is 4.98 Å². The molecule has 0 fully saturated rings. The van der Waals surface area contributed by atoms with Gasteiger partial charge in [0.1, 0.15) is 5.82 Å². The van der Waals surface area contributed by atoms with Crippen LogP contribution in [0.25, 0.3) is 11.0 Å². The molecule has 0 bridgehead atoms. The van der Waals surface area contributed by atoms with Crippen molar-refractivity contribution in [1.29, 1.82) is 0 Å². The summed E-state index contributed by atoms with van der Waals surface area (Å²) in [5, 5.41) is 3.02. The Kier molecular flexibility index (Phi) is 7.29. The first-order valence-corrected chi connectivity index (χ1v) is 11.5. The van der Waals surface area contributed by atoms with Crippen LogP contribution in [0.15, 0.2) is 71.2 Å². The van der Waals surface area contributed by atoms with Gasteiger partial charge in [-0.3, -0.25) is 4.79 Å². The van der Waals surface area contributed by atoms with Crippen molar-refractivity contribution >= 4 is 32.9 Å². The molecule has 170 valence electrons. The molecule has 0 aliphatic rings. The number of nitrogens with zero attached hydrogens (tertiary/aromatic N) is 2. The van der Waals surface area contributed by atoms with Crippen molar-refractivity contribution in [2.24, 2.45) is 0 Å². The molecule has 1 heterocycles. The number of para-hydroxylation sites is 2. The van der Waals surface area contributed by atoms with Gasteiger partial charge in [-0.1, -0.05) is 46.3 Å². The van der Waals surface area contributed by atoms with E-state index in [2.05, 4.69) is 44.0 Å². The van der Waals surface area contributed by atoms with E-state index in [0.717, 1.165) is 33.4 Å². The number of hydrogen-bond acceptors (Lipinski definition) is 4. The molecule has 3 aromatic carbocycles. The number of halogens is 1. The fourth-order valence-corrected chi connectivity index (χ4v) is 4.31. The number of nitrogens with one attached hydrogen (secondary N) is 1. The molecule has 1 aromatic heterocycles. The number of ether oxygens (including phenoxy) is 2. The maximum Gasteiger partial charge on any atom is 0.224 e. The SMILES string of the molecule is COc1ccc(CC(=O)NCCc2nc3ccccc3n2Cc2cccc(Br)c2)cc1OC. The Morgan fingerprint density at radius 2 is 1.79 bits per heavy atom. The van der Waals surface area contributed by atoms with Crippen LogP contribution < -0.4 is 14.8 Å². The molecule has 7 heteroatoms. The van der Waals surface area contributed by atoms with Gasteiger partial charge in [0, 0.05) is 24.0 Å². The van der Waals surface area contributed by atoms with Gasteiger partial charge in [0.15, 0.2) is 11.5 Å². The van der Waals surface area contributed by atoms with E-state index in [4.69, 9.17) is 14.5 Å². The Hall–Kier alpha value is -3.32. The molecular formula is C26H26BrN3O3. The third-order valence-electron chi connectivity index (χ3n) is 5.45. The van der Waals surface area contributed by atoms with Crippen LogP contribution in [0.4, 0.5) is 0 Å². The van der Waals surface area contributed by atoms with E-state index in [9.17, 15) is 4.79 Å². The van der Waals surface area contributed by atoms with Gasteiger partial charge in [-0.05, 0) is 47.5 Å². The Balaban J connectivity index is 1.43. The molecule has 4 rings (SSSR count). The highest BCUT2D eigenvalue weighted by Gasteiger charge is 2.13. The molecule has 0 unspecified atom stereocenters. The van der Waals surface area contributed by atoms with E-state index in [1.54, 1.807) is 14.2 Å².